The maximum atomic E-state index is 6.57. The van der Waals surface area contributed by atoms with E-state index >= 15 is 0 Å². The maximum Gasteiger partial charge on any atom is 0.0513 e. The minimum Gasteiger partial charge on any atom is -0.316 e. The molecule has 2 atom stereocenters. The van der Waals surface area contributed by atoms with Crippen molar-refractivity contribution in [2.24, 2.45) is 5.41 Å². The Morgan fingerprint density at radius 1 is 1.42 bits per heavy atom. The van der Waals surface area contributed by atoms with Gasteiger partial charge in [-0.25, -0.2) is 0 Å². The van der Waals surface area contributed by atoms with Gasteiger partial charge in [0.15, 0.2) is 0 Å². The lowest BCUT2D eigenvalue weighted by molar-refractivity contribution is 0.277. The zero-order chi connectivity index (χ0) is 12.8. The van der Waals surface area contributed by atoms with E-state index in [1.165, 1.54) is 17.5 Å². The van der Waals surface area contributed by atoms with Crippen LogP contribution in [0.5, 0.6) is 0 Å². The van der Waals surface area contributed by atoms with Crippen LogP contribution < -0.4 is 5.32 Å². The number of hydrogen-bond donors (Lipinski definition) is 1. The molecule has 1 saturated heterocycles. The van der Waals surface area contributed by atoms with Gasteiger partial charge in [-0.2, -0.15) is 0 Å². The molecule has 2 aliphatic rings. The molecule has 0 aromatic heterocycles. The third-order valence-corrected chi connectivity index (χ3v) is 5.14. The lowest BCUT2D eigenvalue weighted by Crippen LogP contribution is -2.30. The van der Waals surface area contributed by atoms with E-state index in [0.29, 0.717) is 11.3 Å². The first kappa shape index (κ1) is 14.9. The van der Waals surface area contributed by atoms with Crippen LogP contribution in [0, 0.1) is 5.41 Å². The smallest absolute Gasteiger partial charge is 0.0513 e. The second kappa shape index (κ2) is 5.47. The summed E-state index contributed by atoms with van der Waals surface area (Å²) in [7, 11) is 0. The Bertz CT molecular complexity index is 510. The van der Waals surface area contributed by atoms with Crippen LogP contribution in [-0.4, -0.2) is 13.1 Å². The van der Waals surface area contributed by atoms with Crippen molar-refractivity contribution in [2.75, 3.05) is 13.1 Å². The monoisotopic (exact) mass is 297 g/mol. The average molecular weight is 298 g/mol. The van der Waals surface area contributed by atoms with Crippen LogP contribution in [0.15, 0.2) is 18.2 Å². The molecule has 3 heteroatoms. The van der Waals surface area contributed by atoms with E-state index in [1.54, 1.807) is 0 Å². The number of allylic oxidation sites excluding steroid dienone is 1. The van der Waals surface area contributed by atoms with Crippen LogP contribution in [0.2, 0.25) is 5.02 Å². The van der Waals surface area contributed by atoms with Crippen LogP contribution in [-0.2, 0) is 6.42 Å². The van der Waals surface area contributed by atoms with Gasteiger partial charge in [0.05, 0.1) is 5.02 Å². The Morgan fingerprint density at radius 2 is 2.21 bits per heavy atom. The van der Waals surface area contributed by atoms with Crippen molar-refractivity contribution < 1.29 is 0 Å². The molecule has 1 heterocycles. The molecule has 1 aliphatic heterocycles. The fourth-order valence-electron chi connectivity index (χ4n) is 3.57. The molecule has 0 amide bonds. The summed E-state index contributed by atoms with van der Waals surface area (Å²) < 4.78 is 0. The van der Waals surface area contributed by atoms with Crippen molar-refractivity contribution in [3.05, 3.63) is 39.9 Å². The van der Waals surface area contributed by atoms with Crippen LogP contribution in [0.3, 0.4) is 0 Å². The van der Waals surface area contributed by atoms with E-state index in [-0.39, 0.29) is 12.4 Å². The molecule has 0 unspecified atom stereocenters. The lowest BCUT2D eigenvalue weighted by Gasteiger charge is -2.37. The summed E-state index contributed by atoms with van der Waals surface area (Å²) in [4.78, 5) is 0. The van der Waals surface area contributed by atoms with E-state index in [1.807, 2.05) is 6.92 Å². The van der Waals surface area contributed by atoms with Crippen LogP contribution in [0.1, 0.15) is 42.9 Å². The van der Waals surface area contributed by atoms with Crippen molar-refractivity contribution in [1.82, 2.24) is 5.32 Å². The van der Waals surface area contributed by atoms with Crippen LogP contribution in [0.25, 0.3) is 6.08 Å². The summed E-state index contributed by atoms with van der Waals surface area (Å²) >= 11 is 6.57. The highest BCUT2D eigenvalue weighted by Gasteiger charge is 2.43. The highest BCUT2D eigenvalue weighted by molar-refractivity contribution is 6.33. The van der Waals surface area contributed by atoms with Gasteiger partial charge in [0.25, 0.3) is 0 Å². The van der Waals surface area contributed by atoms with E-state index in [0.717, 1.165) is 30.1 Å². The van der Waals surface area contributed by atoms with Gasteiger partial charge in [-0.3, -0.25) is 0 Å². The van der Waals surface area contributed by atoms with E-state index in [4.69, 9.17) is 11.6 Å². The fraction of sp³-hybridized carbons (Fsp3) is 0.500. The molecule has 19 heavy (non-hydrogen) atoms. The lowest BCUT2D eigenvalue weighted by atomic mass is 9.67. The second-order valence-electron chi connectivity index (χ2n) is 5.87. The van der Waals surface area contributed by atoms with Crippen molar-refractivity contribution >= 4 is 30.1 Å². The molecule has 1 fully saturated rings. The average Bonchev–Trinajstić information content (AvgIpc) is 2.75. The Balaban J connectivity index is 0.00000133. The number of nitrogens with one attached hydrogen (secondary N) is 1. The predicted molar refractivity (Wildman–Crippen MR) is 85.4 cm³/mol. The quantitative estimate of drug-likeness (QED) is 0.808. The fourth-order valence-corrected chi connectivity index (χ4v) is 3.90. The molecule has 0 bridgehead atoms. The van der Waals surface area contributed by atoms with E-state index in [2.05, 4.69) is 36.5 Å². The number of hydrogen-bond acceptors (Lipinski definition) is 1. The molecule has 0 spiro atoms. The minimum absolute atomic E-state index is 0. The SMILES string of the molecule is C/C=C\c1ccc2c(c1Cl)CC[C@]1(C)CNC[C@H]21.Cl. The predicted octanol–water partition coefficient (Wildman–Crippen LogP) is 4.43. The standard InChI is InChI=1S/C16H20ClN.ClH/c1-3-4-11-5-6-12-13(15(11)17)7-8-16(2)10-18-9-14(12)16;/h3-6,14,18H,7-10H2,1-2H3;1H/b4-3-;/t14-,16-;/m1./s1. The molecule has 1 nitrogen and oxygen atoms in total. The first-order chi connectivity index (χ1) is 8.65. The molecular formula is C16H21Cl2N. The topological polar surface area (TPSA) is 12.0 Å². The van der Waals surface area contributed by atoms with E-state index < -0.39 is 0 Å². The summed E-state index contributed by atoms with van der Waals surface area (Å²) in [6.45, 7) is 6.69. The van der Waals surface area contributed by atoms with Gasteiger partial charge >= 0.3 is 0 Å². The van der Waals surface area contributed by atoms with Crippen molar-refractivity contribution in [1.29, 1.82) is 0 Å². The third-order valence-electron chi connectivity index (χ3n) is 4.70. The Labute approximate surface area is 126 Å². The number of halogens is 2. The molecule has 1 N–H and O–H groups in total. The van der Waals surface area contributed by atoms with Crippen molar-refractivity contribution in [2.45, 2.75) is 32.6 Å². The second-order valence-corrected chi connectivity index (χ2v) is 6.25. The normalized spacial score (nSPS) is 28.9. The molecular weight excluding hydrogens is 277 g/mol. The number of benzene rings is 1. The van der Waals surface area contributed by atoms with Gasteiger partial charge in [-0.1, -0.05) is 42.8 Å². The van der Waals surface area contributed by atoms with Gasteiger partial charge < -0.3 is 5.32 Å². The van der Waals surface area contributed by atoms with Gasteiger partial charge in [-0.15, -0.1) is 12.4 Å². The summed E-state index contributed by atoms with van der Waals surface area (Å²) in [5.41, 5.74) is 4.45. The zero-order valence-corrected chi connectivity index (χ0v) is 13.1. The summed E-state index contributed by atoms with van der Waals surface area (Å²) in [5, 5.41) is 4.52. The molecule has 1 aromatic rings. The molecule has 3 rings (SSSR count). The minimum atomic E-state index is 0. The third kappa shape index (κ3) is 2.33. The van der Waals surface area contributed by atoms with Crippen LogP contribution in [0.4, 0.5) is 0 Å². The first-order valence-corrected chi connectivity index (χ1v) is 7.18. The van der Waals surface area contributed by atoms with Crippen molar-refractivity contribution in [3.8, 4) is 0 Å². The first-order valence-electron chi connectivity index (χ1n) is 6.80. The highest BCUT2D eigenvalue weighted by atomic mass is 35.5. The van der Waals surface area contributed by atoms with Crippen LogP contribution >= 0.6 is 24.0 Å². The summed E-state index contributed by atoms with van der Waals surface area (Å²) in [6, 6.07) is 4.47. The largest absolute Gasteiger partial charge is 0.316 e. The molecule has 104 valence electrons. The van der Waals surface area contributed by atoms with Crippen molar-refractivity contribution in [3.63, 3.8) is 0 Å². The van der Waals surface area contributed by atoms with E-state index in [9.17, 15) is 0 Å². The Kier molecular flexibility index (Phi) is 4.29. The number of fused-ring (bicyclic) bond motifs is 3. The summed E-state index contributed by atoms with van der Waals surface area (Å²) in [5.74, 6) is 0.637. The Hall–Kier alpha value is -0.500. The van der Waals surface area contributed by atoms with Gasteiger partial charge in [0.1, 0.15) is 0 Å². The highest BCUT2D eigenvalue weighted by Crippen LogP contribution is 2.49. The summed E-state index contributed by atoms with van der Waals surface area (Å²) in [6.07, 6.45) is 6.52. The molecule has 1 aliphatic carbocycles. The number of rotatable bonds is 1. The molecule has 0 radical (unpaired) electrons. The molecule has 1 aromatic carbocycles. The maximum absolute atomic E-state index is 6.57. The Morgan fingerprint density at radius 3 is 2.95 bits per heavy atom. The van der Waals surface area contributed by atoms with Gasteiger partial charge in [0.2, 0.25) is 0 Å². The van der Waals surface area contributed by atoms with Gasteiger partial charge in [0, 0.05) is 19.0 Å². The molecule has 0 saturated carbocycles. The van der Waals surface area contributed by atoms with Gasteiger partial charge in [-0.05, 0) is 41.9 Å². The zero-order valence-electron chi connectivity index (χ0n) is 11.5.